The number of unbranched alkanes of at least 4 members (excludes halogenated alkanes) is 15. The van der Waals surface area contributed by atoms with Gasteiger partial charge in [-0.05, 0) is 32.1 Å². The molecule has 0 radical (unpaired) electrons. The van der Waals surface area contributed by atoms with Gasteiger partial charge in [-0.3, -0.25) is 0 Å². The highest BCUT2D eigenvalue weighted by Gasteiger charge is 2.23. The first-order chi connectivity index (χ1) is 13.7. The van der Waals surface area contributed by atoms with Gasteiger partial charge in [0, 0.05) is 0 Å². The van der Waals surface area contributed by atoms with Crippen LogP contribution in [-0.2, 0) is 0 Å². The van der Waals surface area contributed by atoms with Crippen LogP contribution in [0.15, 0.2) is 0 Å². The van der Waals surface area contributed by atoms with Crippen LogP contribution in [0.2, 0.25) is 0 Å². The lowest BCUT2D eigenvalue weighted by Crippen LogP contribution is -3.00. The summed E-state index contributed by atoms with van der Waals surface area (Å²) >= 11 is 0. The highest BCUT2D eigenvalue weighted by atomic mass is 127. The molecule has 178 valence electrons. The SMILES string of the molecule is CCCCCCCCCCCCCCCCCC[N+](CCC)(CCC)CCC.[I-]. The molecule has 1 nitrogen and oxygen atoms in total. The quantitative estimate of drug-likeness (QED) is 0.0838. The molecule has 0 aromatic rings. The van der Waals surface area contributed by atoms with E-state index in [1.807, 2.05) is 0 Å². The molecule has 0 saturated heterocycles. The molecular weight excluding hydrogens is 465 g/mol. The van der Waals surface area contributed by atoms with Crippen LogP contribution in [0.4, 0.5) is 0 Å². The van der Waals surface area contributed by atoms with Crippen molar-refractivity contribution < 1.29 is 28.5 Å². The molecule has 2 heteroatoms. The minimum atomic E-state index is 0. The molecule has 0 fully saturated rings. The second kappa shape index (κ2) is 25.0. The van der Waals surface area contributed by atoms with Gasteiger partial charge in [0.25, 0.3) is 0 Å². The molecule has 0 N–H and O–H groups in total. The van der Waals surface area contributed by atoms with Crippen LogP contribution in [0.25, 0.3) is 0 Å². The van der Waals surface area contributed by atoms with Gasteiger partial charge in [0.15, 0.2) is 0 Å². The molecule has 0 aliphatic rings. The number of halogens is 1. The second-order valence-corrected chi connectivity index (χ2v) is 9.54. The Morgan fingerprint density at radius 1 is 0.310 bits per heavy atom. The zero-order chi connectivity index (χ0) is 20.8. The Bertz CT molecular complexity index is 275. The number of hydrogen-bond acceptors (Lipinski definition) is 0. The minimum Gasteiger partial charge on any atom is -1.00 e. The normalized spacial score (nSPS) is 11.6. The highest BCUT2D eigenvalue weighted by Crippen LogP contribution is 2.17. The first kappa shape index (κ1) is 31.9. The van der Waals surface area contributed by atoms with E-state index >= 15 is 0 Å². The van der Waals surface area contributed by atoms with Crippen LogP contribution in [0.1, 0.15) is 150 Å². The molecule has 0 saturated carbocycles. The lowest BCUT2D eigenvalue weighted by molar-refractivity contribution is -0.928. The number of rotatable bonds is 23. The van der Waals surface area contributed by atoms with E-state index in [1.54, 1.807) is 0 Å². The topological polar surface area (TPSA) is 0 Å². The average Bonchev–Trinajstić information content (AvgIpc) is 2.68. The van der Waals surface area contributed by atoms with Crippen LogP contribution >= 0.6 is 0 Å². The Kier molecular flexibility index (Phi) is 27.4. The number of hydrogen-bond donors (Lipinski definition) is 0. The van der Waals surface area contributed by atoms with E-state index in [0.29, 0.717) is 0 Å². The van der Waals surface area contributed by atoms with Gasteiger partial charge in [0.1, 0.15) is 0 Å². The molecule has 0 aliphatic heterocycles. The average molecular weight is 524 g/mol. The summed E-state index contributed by atoms with van der Waals surface area (Å²) in [7, 11) is 0. The molecule has 0 bridgehead atoms. The lowest BCUT2D eigenvalue weighted by Gasteiger charge is -2.38. The fourth-order valence-electron chi connectivity index (χ4n) is 5.09. The van der Waals surface area contributed by atoms with E-state index in [1.165, 1.54) is 153 Å². The van der Waals surface area contributed by atoms with Crippen molar-refractivity contribution in [3.05, 3.63) is 0 Å². The maximum Gasteiger partial charge on any atom is 0.0786 e. The Hall–Kier alpha value is 0.690. The van der Waals surface area contributed by atoms with E-state index in [-0.39, 0.29) is 24.0 Å². The van der Waals surface area contributed by atoms with Crippen molar-refractivity contribution in [2.45, 2.75) is 150 Å². The predicted octanol–water partition coefficient (Wildman–Crippen LogP) is 6.30. The van der Waals surface area contributed by atoms with Gasteiger partial charge < -0.3 is 28.5 Å². The van der Waals surface area contributed by atoms with E-state index in [0.717, 1.165) is 0 Å². The third-order valence-electron chi connectivity index (χ3n) is 6.58. The van der Waals surface area contributed by atoms with Crippen molar-refractivity contribution in [1.29, 1.82) is 0 Å². The molecule has 0 heterocycles. The fourth-order valence-corrected chi connectivity index (χ4v) is 5.09. The zero-order valence-electron chi connectivity index (χ0n) is 21.1. The van der Waals surface area contributed by atoms with Gasteiger partial charge >= 0.3 is 0 Å². The standard InChI is InChI=1S/C27H58N.HI/c1-5-9-10-11-12-13-14-15-16-17-18-19-20-21-22-23-27-28(24-6-2,25-7-3)26-8-4;/h5-27H2,1-4H3;1H/q+1;/p-1. The van der Waals surface area contributed by atoms with Crippen LogP contribution < -0.4 is 24.0 Å². The summed E-state index contributed by atoms with van der Waals surface area (Å²) in [6.07, 6.45) is 27.5. The summed E-state index contributed by atoms with van der Waals surface area (Å²) in [5.41, 5.74) is 0. The largest absolute Gasteiger partial charge is 1.00 e. The summed E-state index contributed by atoms with van der Waals surface area (Å²) < 4.78 is 1.40. The van der Waals surface area contributed by atoms with Crippen molar-refractivity contribution in [1.82, 2.24) is 0 Å². The number of nitrogens with zero attached hydrogens (tertiary/aromatic N) is 1. The molecule has 0 aliphatic carbocycles. The summed E-state index contributed by atoms with van der Waals surface area (Å²) in [6.45, 7) is 15.1. The second-order valence-electron chi connectivity index (χ2n) is 9.54. The van der Waals surface area contributed by atoms with Gasteiger partial charge in [-0.1, -0.05) is 118 Å². The first-order valence-electron chi connectivity index (χ1n) is 13.6. The summed E-state index contributed by atoms with van der Waals surface area (Å²) in [6, 6.07) is 0. The van der Waals surface area contributed by atoms with Crippen molar-refractivity contribution in [3.8, 4) is 0 Å². The van der Waals surface area contributed by atoms with Crippen LogP contribution in [0.3, 0.4) is 0 Å². The smallest absolute Gasteiger partial charge is 0.0786 e. The Labute approximate surface area is 203 Å². The lowest BCUT2D eigenvalue weighted by atomic mass is 10.0. The van der Waals surface area contributed by atoms with Gasteiger partial charge in [-0.25, -0.2) is 0 Å². The van der Waals surface area contributed by atoms with Crippen LogP contribution in [-0.4, -0.2) is 30.7 Å². The van der Waals surface area contributed by atoms with E-state index in [9.17, 15) is 0 Å². The summed E-state index contributed by atoms with van der Waals surface area (Å²) in [4.78, 5) is 0. The maximum absolute atomic E-state index is 2.37. The molecule has 29 heavy (non-hydrogen) atoms. The van der Waals surface area contributed by atoms with Crippen LogP contribution in [0, 0.1) is 0 Å². The van der Waals surface area contributed by atoms with Crippen LogP contribution in [0.5, 0.6) is 0 Å². The van der Waals surface area contributed by atoms with Crippen molar-refractivity contribution in [2.24, 2.45) is 0 Å². The van der Waals surface area contributed by atoms with E-state index in [2.05, 4.69) is 27.7 Å². The molecule has 0 aromatic carbocycles. The first-order valence-corrected chi connectivity index (χ1v) is 13.6. The molecule has 0 aromatic heterocycles. The van der Waals surface area contributed by atoms with E-state index < -0.39 is 0 Å². The maximum atomic E-state index is 2.37. The predicted molar refractivity (Wildman–Crippen MR) is 130 cm³/mol. The van der Waals surface area contributed by atoms with Gasteiger partial charge in [-0.15, -0.1) is 0 Å². The summed E-state index contributed by atoms with van der Waals surface area (Å²) in [5.74, 6) is 0. The van der Waals surface area contributed by atoms with Crippen molar-refractivity contribution in [2.75, 3.05) is 26.2 Å². The Morgan fingerprint density at radius 3 is 0.862 bits per heavy atom. The van der Waals surface area contributed by atoms with Crippen molar-refractivity contribution in [3.63, 3.8) is 0 Å². The molecular formula is C27H58IN. The zero-order valence-corrected chi connectivity index (χ0v) is 23.2. The third kappa shape index (κ3) is 20.4. The Balaban J connectivity index is 0. The van der Waals surface area contributed by atoms with Crippen molar-refractivity contribution >= 4 is 0 Å². The molecule has 0 unspecified atom stereocenters. The molecule has 0 amide bonds. The number of quaternary nitrogens is 1. The van der Waals surface area contributed by atoms with Gasteiger partial charge in [0.2, 0.25) is 0 Å². The molecule has 0 rings (SSSR count). The highest BCUT2D eigenvalue weighted by molar-refractivity contribution is 4.51. The van der Waals surface area contributed by atoms with E-state index in [4.69, 9.17) is 0 Å². The molecule has 0 spiro atoms. The minimum absolute atomic E-state index is 0. The monoisotopic (exact) mass is 523 g/mol. The third-order valence-corrected chi connectivity index (χ3v) is 6.58. The Morgan fingerprint density at radius 2 is 0.586 bits per heavy atom. The van der Waals surface area contributed by atoms with Gasteiger partial charge in [-0.2, -0.15) is 0 Å². The van der Waals surface area contributed by atoms with Gasteiger partial charge in [0.05, 0.1) is 26.2 Å². The summed E-state index contributed by atoms with van der Waals surface area (Å²) in [5, 5.41) is 0. The molecule has 0 atom stereocenters. The fraction of sp³-hybridized carbons (Fsp3) is 1.00.